The number of alkyl halides is 3. The second kappa shape index (κ2) is 34.6. The number of fused-ring (bicyclic) bond motifs is 3. The van der Waals surface area contributed by atoms with Crippen LogP contribution in [0.3, 0.4) is 0 Å². The van der Waals surface area contributed by atoms with E-state index in [4.69, 9.17) is 4.74 Å². The Morgan fingerprint density at radius 2 is 0.782 bits per heavy atom. The molecule has 13 aromatic rings. The van der Waals surface area contributed by atoms with Crippen molar-refractivity contribution in [2.75, 3.05) is 7.11 Å². The quantitative estimate of drug-likeness (QED) is 0.0708. The van der Waals surface area contributed by atoms with Crippen LogP contribution >= 0.6 is 0 Å². The Hall–Kier alpha value is -14.4. The minimum atomic E-state index is -4.52. The molecule has 34 nitrogen and oxygen atoms in total. The van der Waals surface area contributed by atoms with Gasteiger partial charge in [0.25, 0.3) is 35.4 Å². The van der Waals surface area contributed by atoms with Crippen molar-refractivity contribution in [2.45, 2.75) is 12.6 Å². The highest BCUT2D eigenvalue weighted by atomic mass is 32.2. The molecule has 43 heteroatoms. The zero-order valence-corrected chi connectivity index (χ0v) is 65.5. The number of nitrogens with zero attached hydrogens (tertiary/aromatic N) is 15. The van der Waals surface area contributed by atoms with Gasteiger partial charge in [-0.3, -0.25) is 72.1 Å². The van der Waals surface area contributed by atoms with E-state index in [2.05, 4.69) is 87.4 Å². The van der Waals surface area contributed by atoms with Crippen LogP contribution in [0.25, 0.3) is 108 Å². The Morgan fingerprint density at radius 1 is 0.370 bits per heavy atom. The van der Waals surface area contributed by atoms with Crippen LogP contribution in [-0.4, -0.2) is 141 Å². The highest BCUT2D eigenvalue weighted by Gasteiger charge is 2.34. The van der Waals surface area contributed by atoms with Crippen LogP contribution in [0.15, 0.2) is 257 Å². The fourth-order valence-electron chi connectivity index (χ4n) is 11.9. The van der Waals surface area contributed by atoms with E-state index in [1.54, 1.807) is 81.5 Å². The molecule has 598 valence electrons. The van der Waals surface area contributed by atoms with E-state index in [0.717, 1.165) is 94.9 Å². The van der Waals surface area contributed by atoms with Gasteiger partial charge in [-0.2, -0.15) is 43.8 Å². The third kappa shape index (κ3) is 18.2. The summed E-state index contributed by atoms with van der Waals surface area (Å²) in [5.41, 5.74) is 12.3. The zero-order valence-electron chi connectivity index (χ0n) is 60.6. The number of carbonyl (C=O) groups excluding carboxylic acids is 6. The second-order valence-corrected chi connectivity index (χ2v) is 32.1. The summed E-state index contributed by atoms with van der Waals surface area (Å²) in [4.78, 5) is 79.7. The molecular formula is C76H54F3N21O13S6. The molecule has 9 aromatic heterocycles. The van der Waals surface area contributed by atoms with Crippen LogP contribution in [-0.2, 0) is 107 Å². The number of aromatic nitrogens is 15. The number of carbonyl (C=O) groups is 6. The van der Waals surface area contributed by atoms with Crippen molar-refractivity contribution in [3.63, 3.8) is 0 Å². The van der Waals surface area contributed by atoms with E-state index < -0.39 is 83.6 Å². The number of hydrogen-bond donors (Lipinski definition) is 6. The van der Waals surface area contributed by atoms with Crippen molar-refractivity contribution in [1.29, 1.82) is 0 Å². The number of ether oxygens (including phenoxy) is 1. The third-order valence-electron chi connectivity index (χ3n) is 17.4. The lowest BCUT2D eigenvalue weighted by atomic mass is 10.1. The number of pyridine rings is 3. The number of allylic oxidation sites excluding steroid dienone is 1. The Kier molecular flexibility index (Phi) is 23.2. The maximum atomic E-state index is 12.2. The lowest BCUT2D eigenvalue weighted by molar-refractivity contribution is -0.137. The number of hydrogen-bond acceptors (Lipinski definition) is 22. The fraction of sp³-hybridized carbons (Fsp3) is 0.0395. The molecular weight excluding hydrogens is 1660 g/mol. The van der Waals surface area contributed by atoms with Crippen molar-refractivity contribution >= 4 is 165 Å². The zero-order chi connectivity index (χ0) is 83.2. The summed E-state index contributed by atoms with van der Waals surface area (Å²) in [5, 5.41) is 27.8. The van der Waals surface area contributed by atoms with E-state index in [-0.39, 0.29) is 34.6 Å². The van der Waals surface area contributed by atoms with Gasteiger partial charge in [-0.1, -0.05) is 97.1 Å². The molecule has 0 fully saturated rings. The summed E-state index contributed by atoms with van der Waals surface area (Å²) in [5.74, 6) is -1.77. The van der Waals surface area contributed by atoms with Gasteiger partial charge in [0.05, 0.1) is 66.6 Å². The summed E-state index contributed by atoms with van der Waals surface area (Å²) in [7, 11) is -8.02. The first-order chi connectivity index (χ1) is 57.4. The minimum Gasteiger partial charge on any atom is -0.496 e. The molecule has 6 aliphatic heterocycles. The normalized spacial score (nSPS) is 18.6. The van der Waals surface area contributed by atoms with Crippen molar-refractivity contribution in [1.82, 2.24) is 102 Å². The number of para-hydroxylation sites is 2. The average molecular weight is 1720 g/mol. The molecule has 1 aliphatic carbocycles. The Bertz CT molecular complexity index is 6700. The first-order valence-corrected chi connectivity index (χ1v) is 41.4. The first-order valence-electron chi connectivity index (χ1n) is 34.5. The number of benzene rings is 4. The van der Waals surface area contributed by atoms with Crippen LogP contribution in [0.1, 0.15) is 22.3 Å². The first kappa shape index (κ1) is 79.8. The summed E-state index contributed by atoms with van der Waals surface area (Å²) in [6.07, 6.45) is 29.3. The SMILES string of the molecule is COc1ccccc1-c1cnn(C2=CC(=O)NS2=O)c1.O=C1C=C(n2cc(-c3ccc4cccnc4c3)cn2)S(=O)N1.O=C1C=C(n2cc(-c3cccc4cccnc34)cn2)S(=O)N1.O=C1C=C(n2cc(-c3ccccn3)cn2)S(=O)N1.O=C1C=C(n2cc(C(F)(F)F)cn2)S(=O)N1.O=C1C=C(n2cc(C3=Cc4ccccc4C3)cn2)S(=O)N1. The van der Waals surface area contributed by atoms with Crippen molar-refractivity contribution in [3.8, 4) is 50.4 Å². The molecule has 6 atom stereocenters. The molecule has 6 unspecified atom stereocenters. The van der Waals surface area contributed by atoms with Gasteiger partial charge in [-0.15, -0.1) is 0 Å². The third-order valence-corrected chi connectivity index (χ3v) is 23.8. The van der Waals surface area contributed by atoms with Gasteiger partial charge < -0.3 is 4.74 Å². The topological polar surface area (TPSA) is 432 Å². The molecule has 0 bridgehead atoms. The monoisotopic (exact) mass is 1720 g/mol. The van der Waals surface area contributed by atoms with Crippen LogP contribution < -0.4 is 33.1 Å². The van der Waals surface area contributed by atoms with E-state index >= 15 is 0 Å². The Labute approximate surface area is 683 Å². The van der Waals surface area contributed by atoms with E-state index in [1.165, 1.54) is 70.5 Å². The average Bonchev–Trinajstić information content (AvgIpc) is 1.77. The molecule has 6 amide bonds. The molecule has 6 N–H and O–H groups in total. The molecule has 0 saturated heterocycles. The molecule has 20 rings (SSSR count). The van der Waals surface area contributed by atoms with Gasteiger partial charge in [0.2, 0.25) is 0 Å². The molecule has 0 saturated carbocycles. The predicted octanol–water partition coefficient (Wildman–Crippen LogP) is 7.13. The number of rotatable bonds is 12. The van der Waals surface area contributed by atoms with Gasteiger partial charge in [-0.25, -0.2) is 53.3 Å². The summed E-state index contributed by atoms with van der Waals surface area (Å²) < 4.78 is 133. The number of halogens is 3. The maximum absolute atomic E-state index is 12.2. The van der Waals surface area contributed by atoms with Crippen LogP contribution in [0, 0.1) is 0 Å². The van der Waals surface area contributed by atoms with Gasteiger partial charge in [0.15, 0.2) is 96.1 Å². The molecule has 0 spiro atoms. The van der Waals surface area contributed by atoms with Crippen molar-refractivity contribution < 1.29 is 71.9 Å². The van der Waals surface area contributed by atoms with Crippen LogP contribution in [0.2, 0.25) is 0 Å². The van der Waals surface area contributed by atoms with Crippen molar-refractivity contribution in [3.05, 3.63) is 279 Å². The molecule has 7 aliphatic rings. The second-order valence-electron chi connectivity index (χ2n) is 25.1. The molecule has 4 aromatic carbocycles. The van der Waals surface area contributed by atoms with Gasteiger partial charge >= 0.3 is 6.18 Å². The lowest BCUT2D eigenvalue weighted by Crippen LogP contribution is -2.17. The molecule has 119 heavy (non-hydrogen) atoms. The summed E-state index contributed by atoms with van der Waals surface area (Å²) >= 11 is 0. The van der Waals surface area contributed by atoms with E-state index in [9.17, 15) is 67.2 Å². The highest BCUT2D eigenvalue weighted by molar-refractivity contribution is 7.95. The summed E-state index contributed by atoms with van der Waals surface area (Å²) in [6, 6.07) is 41.0. The highest BCUT2D eigenvalue weighted by Crippen LogP contribution is 2.35. The minimum absolute atomic E-state index is 0.125. The lowest BCUT2D eigenvalue weighted by Gasteiger charge is -2.05. The number of nitrogens with one attached hydrogen (secondary N) is 6. The van der Waals surface area contributed by atoms with E-state index in [1.807, 2.05) is 126 Å². The van der Waals surface area contributed by atoms with Crippen LogP contribution in [0.5, 0.6) is 5.75 Å². The molecule has 15 heterocycles. The maximum Gasteiger partial charge on any atom is 0.419 e. The van der Waals surface area contributed by atoms with E-state index in [0.29, 0.717) is 37.5 Å². The fourth-order valence-corrected chi connectivity index (χ4v) is 16.9. The summed E-state index contributed by atoms with van der Waals surface area (Å²) in [6.45, 7) is 0. The predicted molar refractivity (Wildman–Crippen MR) is 436 cm³/mol. The van der Waals surface area contributed by atoms with Gasteiger partial charge in [0, 0.05) is 142 Å². The largest absolute Gasteiger partial charge is 0.496 e. The van der Waals surface area contributed by atoms with Crippen molar-refractivity contribution in [2.24, 2.45) is 0 Å². The molecule has 0 radical (unpaired) electrons. The number of amides is 6. The van der Waals surface area contributed by atoms with Gasteiger partial charge in [0.1, 0.15) is 5.75 Å². The number of methoxy groups -OCH3 is 1. The van der Waals surface area contributed by atoms with Crippen LogP contribution in [0.4, 0.5) is 13.2 Å². The Balaban J connectivity index is 0.000000112. The smallest absolute Gasteiger partial charge is 0.419 e. The van der Waals surface area contributed by atoms with Gasteiger partial charge in [-0.05, 0) is 65.1 Å². The standard InChI is InChI=1S/2C15H10N4O2S.C15H11N3O2S.C13H11N3O3S.C11H8N4O2S.C7H4F3N3O2S/c20-13-7-14(22(21)18-13)19-9-11(8-17-19)12-5-1-3-10-4-2-6-16-15(10)12;20-14-7-15(22(21)18-14)19-9-12(8-17-19)11-4-3-10-2-1-5-16-13(10)6-11;19-14-7-15(21(20)17-14)18-9-13(8-16-18)12-5-10-3-1-2-4-11(10)6-12;1-19-11-5-3-2-4-10(11)9-7-14-16(8-9)13-6-12(17)15-20(13)18;16-10-5-11(18(17)14-10)15-7-8(6-13-15)9-3-1-2-4-12-9;8-7(9,10)4-2-11-13(3-4)6-1-5(14)12-16(6)15/h2*1-9H,(H,18,20);1-5,7-9H,6H2,(H,17,19);2-8H,1H3,(H,15,17);1-7H,(H,14,16);1-3H,(H,12,14). The Morgan fingerprint density at radius 3 is 1.28 bits per heavy atom.